The molecule has 0 fully saturated rings. The van der Waals surface area contributed by atoms with Gasteiger partial charge in [-0.05, 0) is 78.4 Å². The van der Waals surface area contributed by atoms with E-state index in [1.807, 2.05) is 31.2 Å². The van der Waals surface area contributed by atoms with E-state index in [-0.39, 0.29) is 4.90 Å². The van der Waals surface area contributed by atoms with Crippen LogP contribution in [0.1, 0.15) is 22.3 Å². The summed E-state index contributed by atoms with van der Waals surface area (Å²) in [5.74, 6) is -1.11. The molecule has 3 rings (SSSR count). The lowest BCUT2D eigenvalue weighted by molar-refractivity contribution is -0.140. The molecule has 34 heavy (non-hydrogen) atoms. The van der Waals surface area contributed by atoms with Gasteiger partial charge in [-0.1, -0.05) is 41.9 Å². The Labute approximate surface area is 204 Å². The zero-order chi connectivity index (χ0) is 25.0. The van der Waals surface area contributed by atoms with Crippen LogP contribution in [0.25, 0.3) is 11.1 Å². The standard InChI is InChI=1S/C25H27ClN2O5S/c1-15-9-19(7-8-20(15)13-27-23(14-29)25(30)31)18-5-4-6-21(12-18)28-34(32,33)24-11-16(2)22(26)10-17(24)3/h4-12,23,27-29H,13-14H2,1-3H3,(H,30,31)/t23-/m0/s1. The summed E-state index contributed by atoms with van der Waals surface area (Å²) in [4.78, 5) is 11.2. The predicted octanol–water partition coefficient (Wildman–Crippen LogP) is 4.27. The van der Waals surface area contributed by atoms with E-state index >= 15 is 0 Å². The average Bonchev–Trinajstić information content (AvgIpc) is 2.77. The van der Waals surface area contributed by atoms with E-state index in [0.29, 0.717) is 28.4 Å². The number of carboxylic acids is 1. The predicted molar refractivity (Wildman–Crippen MR) is 134 cm³/mol. The number of aliphatic carboxylic acids is 1. The lowest BCUT2D eigenvalue weighted by atomic mass is 9.99. The second-order valence-corrected chi connectivity index (χ2v) is 10.2. The topological polar surface area (TPSA) is 116 Å². The van der Waals surface area contributed by atoms with Crippen molar-refractivity contribution in [3.63, 3.8) is 0 Å². The summed E-state index contributed by atoms with van der Waals surface area (Å²) in [7, 11) is -3.81. The Hall–Kier alpha value is -2.91. The number of aliphatic hydroxyl groups is 1. The molecule has 4 N–H and O–H groups in total. The van der Waals surface area contributed by atoms with E-state index in [4.69, 9.17) is 21.8 Å². The maximum absolute atomic E-state index is 13.0. The number of hydrogen-bond acceptors (Lipinski definition) is 5. The summed E-state index contributed by atoms with van der Waals surface area (Å²) in [5, 5.41) is 21.5. The van der Waals surface area contributed by atoms with Crippen molar-refractivity contribution in [3.8, 4) is 11.1 Å². The highest BCUT2D eigenvalue weighted by Crippen LogP contribution is 2.28. The van der Waals surface area contributed by atoms with Crippen LogP contribution in [0.4, 0.5) is 5.69 Å². The quantitative estimate of drug-likeness (QED) is 0.347. The minimum absolute atomic E-state index is 0.176. The maximum atomic E-state index is 13.0. The molecule has 0 saturated heterocycles. The largest absolute Gasteiger partial charge is 0.480 e. The van der Waals surface area contributed by atoms with Gasteiger partial charge in [0.1, 0.15) is 6.04 Å². The van der Waals surface area contributed by atoms with E-state index in [1.54, 1.807) is 44.2 Å². The number of anilines is 1. The first-order chi connectivity index (χ1) is 16.0. The molecule has 3 aromatic carbocycles. The van der Waals surface area contributed by atoms with Gasteiger partial charge in [-0.3, -0.25) is 14.8 Å². The molecule has 9 heteroatoms. The third-order valence-electron chi connectivity index (χ3n) is 5.56. The number of aryl methyl sites for hydroxylation is 3. The zero-order valence-electron chi connectivity index (χ0n) is 19.1. The first-order valence-corrected chi connectivity index (χ1v) is 12.4. The molecule has 0 saturated carbocycles. The summed E-state index contributed by atoms with van der Waals surface area (Å²) < 4.78 is 28.7. The number of carbonyl (C=O) groups is 1. The van der Waals surface area contributed by atoms with Crippen LogP contribution in [-0.2, 0) is 21.4 Å². The first kappa shape index (κ1) is 25.7. The van der Waals surface area contributed by atoms with Gasteiger partial charge in [-0.15, -0.1) is 0 Å². The molecule has 1 atom stereocenters. The molecule has 0 aromatic heterocycles. The molecule has 0 unspecified atom stereocenters. The minimum Gasteiger partial charge on any atom is -0.480 e. The van der Waals surface area contributed by atoms with Gasteiger partial charge in [0.05, 0.1) is 11.5 Å². The number of carboxylic acid groups (broad SMARTS) is 1. The highest BCUT2D eigenvalue weighted by atomic mass is 35.5. The smallest absolute Gasteiger partial charge is 0.323 e. The lowest BCUT2D eigenvalue weighted by Crippen LogP contribution is -2.39. The normalized spacial score (nSPS) is 12.4. The number of rotatable bonds is 9. The number of benzene rings is 3. The highest BCUT2D eigenvalue weighted by Gasteiger charge is 2.19. The van der Waals surface area contributed by atoms with E-state index in [1.165, 1.54) is 0 Å². The summed E-state index contributed by atoms with van der Waals surface area (Å²) in [6.07, 6.45) is 0. The van der Waals surface area contributed by atoms with Gasteiger partial charge >= 0.3 is 5.97 Å². The fourth-order valence-corrected chi connectivity index (χ4v) is 5.13. The monoisotopic (exact) mass is 502 g/mol. The van der Waals surface area contributed by atoms with Crippen molar-refractivity contribution in [3.05, 3.63) is 81.9 Å². The number of aliphatic hydroxyl groups excluding tert-OH is 1. The molecule has 0 amide bonds. The van der Waals surface area contributed by atoms with Crippen LogP contribution in [0.2, 0.25) is 5.02 Å². The molecular weight excluding hydrogens is 476 g/mol. The molecule has 0 spiro atoms. The van der Waals surface area contributed by atoms with Gasteiger partial charge in [-0.2, -0.15) is 0 Å². The van der Waals surface area contributed by atoms with Crippen LogP contribution in [0.15, 0.2) is 59.5 Å². The second kappa shape index (κ2) is 10.6. The summed E-state index contributed by atoms with van der Waals surface area (Å²) in [6, 6.07) is 15.0. The Kier molecular flexibility index (Phi) is 7.99. The molecule has 0 aliphatic rings. The number of sulfonamides is 1. The van der Waals surface area contributed by atoms with Gasteiger partial charge < -0.3 is 10.2 Å². The van der Waals surface area contributed by atoms with Crippen molar-refractivity contribution in [1.82, 2.24) is 5.32 Å². The SMILES string of the molecule is Cc1cc(S(=O)(=O)Nc2cccc(-c3ccc(CN[C@@H](CO)C(=O)O)c(C)c3)c2)c(C)cc1Cl. The van der Waals surface area contributed by atoms with E-state index < -0.39 is 28.6 Å². The Balaban J connectivity index is 1.82. The molecular formula is C25H27ClN2O5S. The van der Waals surface area contributed by atoms with Crippen molar-refractivity contribution < 1.29 is 23.4 Å². The summed E-state index contributed by atoms with van der Waals surface area (Å²) in [6.45, 7) is 5.17. The molecule has 0 bridgehead atoms. The van der Waals surface area contributed by atoms with Crippen molar-refractivity contribution in [2.75, 3.05) is 11.3 Å². The summed E-state index contributed by atoms with van der Waals surface area (Å²) in [5.41, 5.74) is 5.22. The minimum atomic E-state index is -3.81. The van der Waals surface area contributed by atoms with E-state index in [0.717, 1.165) is 22.3 Å². The molecule has 3 aromatic rings. The fraction of sp³-hybridized carbons (Fsp3) is 0.240. The van der Waals surface area contributed by atoms with Crippen molar-refractivity contribution >= 4 is 33.3 Å². The zero-order valence-corrected chi connectivity index (χ0v) is 20.7. The Morgan fingerprint density at radius 3 is 2.32 bits per heavy atom. The lowest BCUT2D eigenvalue weighted by Gasteiger charge is -2.15. The molecule has 7 nitrogen and oxygen atoms in total. The number of nitrogens with one attached hydrogen (secondary N) is 2. The molecule has 0 aliphatic heterocycles. The van der Waals surface area contributed by atoms with Gasteiger partial charge in [-0.25, -0.2) is 8.42 Å². The third kappa shape index (κ3) is 5.95. The molecule has 0 radical (unpaired) electrons. The van der Waals surface area contributed by atoms with Gasteiger partial charge in [0.15, 0.2) is 0 Å². The van der Waals surface area contributed by atoms with Crippen LogP contribution >= 0.6 is 11.6 Å². The van der Waals surface area contributed by atoms with Gasteiger partial charge in [0, 0.05) is 17.3 Å². The van der Waals surface area contributed by atoms with Crippen LogP contribution in [-0.4, -0.2) is 37.2 Å². The van der Waals surface area contributed by atoms with Crippen molar-refractivity contribution in [1.29, 1.82) is 0 Å². The second-order valence-electron chi connectivity index (χ2n) is 8.15. The van der Waals surface area contributed by atoms with E-state index in [9.17, 15) is 13.2 Å². The number of halogens is 1. The van der Waals surface area contributed by atoms with Crippen LogP contribution in [0.5, 0.6) is 0 Å². The Bertz CT molecular complexity index is 1320. The van der Waals surface area contributed by atoms with Crippen molar-refractivity contribution in [2.24, 2.45) is 0 Å². The maximum Gasteiger partial charge on any atom is 0.323 e. The van der Waals surface area contributed by atoms with E-state index in [2.05, 4.69) is 10.0 Å². The van der Waals surface area contributed by atoms with Crippen LogP contribution in [0.3, 0.4) is 0 Å². The third-order valence-corrected chi connectivity index (χ3v) is 7.49. The molecule has 0 heterocycles. The molecule has 180 valence electrons. The van der Waals surface area contributed by atoms with Crippen LogP contribution in [0, 0.1) is 20.8 Å². The highest BCUT2D eigenvalue weighted by molar-refractivity contribution is 7.92. The number of hydrogen-bond donors (Lipinski definition) is 4. The fourth-order valence-electron chi connectivity index (χ4n) is 3.55. The van der Waals surface area contributed by atoms with Gasteiger partial charge in [0.25, 0.3) is 10.0 Å². The Morgan fingerprint density at radius 1 is 0.971 bits per heavy atom. The average molecular weight is 503 g/mol. The molecule has 0 aliphatic carbocycles. The summed E-state index contributed by atoms with van der Waals surface area (Å²) >= 11 is 6.11. The van der Waals surface area contributed by atoms with Gasteiger partial charge in [0.2, 0.25) is 0 Å². The first-order valence-electron chi connectivity index (χ1n) is 10.6. The van der Waals surface area contributed by atoms with Crippen molar-refractivity contribution in [2.45, 2.75) is 38.3 Å². The van der Waals surface area contributed by atoms with Crippen LogP contribution < -0.4 is 10.0 Å². The Morgan fingerprint density at radius 2 is 1.68 bits per heavy atom.